The number of hydrogen-bond acceptors (Lipinski definition) is 4. The van der Waals surface area contributed by atoms with E-state index in [0.717, 1.165) is 44.2 Å². The number of unbranched alkanes of at least 4 members (excludes halogenated alkanes) is 2. The van der Waals surface area contributed by atoms with Gasteiger partial charge in [0.2, 0.25) is 11.8 Å². The monoisotopic (exact) mass is 387 g/mol. The van der Waals surface area contributed by atoms with Gasteiger partial charge in [-0.2, -0.15) is 0 Å². The molecule has 0 saturated carbocycles. The van der Waals surface area contributed by atoms with Crippen molar-refractivity contribution < 1.29 is 19.5 Å². The summed E-state index contributed by atoms with van der Waals surface area (Å²) in [6.07, 6.45) is 8.88. The number of carboxylic acid groups (broad SMARTS) is 1. The van der Waals surface area contributed by atoms with E-state index in [1.807, 2.05) is 0 Å². The average molecular weight is 387 g/mol. The summed E-state index contributed by atoms with van der Waals surface area (Å²) in [5, 5.41) is 8.79. The molecule has 3 rings (SSSR count). The summed E-state index contributed by atoms with van der Waals surface area (Å²) in [6, 6.07) is 4.36. The summed E-state index contributed by atoms with van der Waals surface area (Å²) in [6.45, 7) is 0.403. The van der Waals surface area contributed by atoms with Gasteiger partial charge in [0.25, 0.3) is 0 Å². The van der Waals surface area contributed by atoms with Crippen LogP contribution in [0.2, 0.25) is 0 Å². The van der Waals surface area contributed by atoms with Gasteiger partial charge in [0.1, 0.15) is 6.54 Å². The van der Waals surface area contributed by atoms with Crippen LogP contribution in [0.1, 0.15) is 55.5 Å². The summed E-state index contributed by atoms with van der Waals surface area (Å²) >= 11 is 0. The predicted molar refractivity (Wildman–Crippen MR) is 104 cm³/mol. The molecule has 0 bridgehead atoms. The molecule has 7 heteroatoms. The molecule has 1 aromatic heterocycles. The minimum atomic E-state index is -1.03. The van der Waals surface area contributed by atoms with E-state index in [1.54, 1.807) is 4.90 Å². The lowest BCUT2D eigenvalue weighted by atomic mass is 9.95. The molecule has 0 atom stereocenters. The first-order valence-corrected chi connectivity index (χ1v) is 10.3. The lowest BCUT2D eigenvalue weighted by Gasteiger charge is -2.33. The van der Waals surface area contributed by atoms with Gasteiger partial charge >= 0.3 is 5.97 Å². The molecule has 28 heavy (non-hydrogen) atoms. The van der Waals surface area contributed by atoms with Crippen molar-refractivity contribution in [3.8, 4) is 0 Å². The van der Waals surface area contributed by atoms with E-state index >= 15 is 0 Å². The van der Waals surface area contributed by atoms with Gasteiger partial charge in [-0.15, -0.1) is 0 Å². The van der Waals surface area contributed by atoms with Gasteiger partial charge in [-0.1, -0.05) is 12.5 Å². The number of aliphatic carboxylic acids is 1. The second-order valence-electron chi connectivity index (χ2n) is 7.70. The third-order valence-electron chi connectivity index (χ3n) is 5.56. The van der Waals surface area contributed by atoms with Crippen LogP contribution in [0, 0.1) is 0 Å². The largest absolute Gasteiger partial charge is 0.480 e. The summed E-state index contributed by atoms with van der Waals surface area (Å²) in [5.74, 6) is -1.34. The Morgan fingerprint density at radius 1 is 1.07 bits per heavy atom. The average Bonchev–Trinajstić information content (AvgIpc) is 2.68. The Hall–Kier alpha value is -2.44. The van der Waals surface area contributed by atoms with Crippen molar-refractivity contribution in [1.29, 1.82) is 0 Å². The van der Waals surface area contributed by atoms with Gasteiger partial charge < -0.3 is 14.9 Å². The van der Waals surface area contributed by atoms with E-state index in [4.69, 9.17) is 10.1 Å². The molecule has 0 aromatic carbocycles. The first kappa shape index (κ1) is 20.3. The Morgan fingerprint density at radius 2 is 1.89 bits per heavy atom. The van der Waals surface area contributed by atoms with Crippen LogP contribution in [0.3, 0.4) is 0 Å². The predicted octanol–water partition coefficient (Wildman–Crippen LogP) is 1.82. The molecule has 2 amide bonds. The zero-order valence-electron chi connectivity index (χ0n) is 16.4. The standard InChI is InChI=1S/C21H29N3O4/c25-19(23-12-13-24(15-21(27)28)20(26)14-23)9-3-1-2-7-17-11-10-16-6-4-5-8-18(16)22-17/h10-11H,1-9,12-15H2,(H,27,28). The lowest BCUT2D eigenvalue weighted by molar-refractivity contribution is -0.150. The highest BCUT2D eigenvalue weighted by Gasteiger charge is 2.27. The number of piperazine rings is 1. The third-order valence-corrected chi connectivity index (χ3v) is 5.56. The molecule has 0 unspecified atom stereocenters. The van der Waals surface area contributed by atoms with Gasteiger partial charge in [0, 0.05) is 30.9 Å². The first-order chi connectivity index (χ1) is 13.5. The van der Waals surface area contributed by atoms with Crippen LogP contribution in [0.4, 0.5) is 0 Å². The van der Waals surface area contributed by atoms with Gasteiger partial charge in [0.05, 0.1) is 6.54 Å². The minimum absolute atomic E-state index is 0.00877. The van der Waals surface area contributed by atoms with Crippen LogP contribution in [-0.2, 0) is 33.6 Å². The van der Waals surface area contributed by atoms with Crippen LogP contribution in [0.25, 0.3) is 0 Å². The maximum atomic E-state index is 12.3. The number of amides is 2. The minimum Gasteiger partial charge on any atom is -0.480 e. The SMILES string of the molecule is O=C(O)CN1CCN(C(=O)CCCCCc2ccc3c(n2)CCCC3)CC1=O. The Bertz CT molecular complexity index is 734. The third kappa shape index (κ3) is 5.53. The van der Waals surface area contributed by atoms with Crippen LogP contribution >= 0.6 is 0 Å². The normalized spacial score (nSPS) is 16.8. The fraction of sp³-hybridized carbons (Fsp3) is 0.619. The molecule has 2 aliphatic rings. The van der Waals surface area contributed by atoms with E-state index < -0.39 is 5.97 Å². The Balaban J connectivity index is 1.34. The van der Waals surface area contributed by atoms with Crippen molar-refractivity contribution in [2.45, 2.75) is 57.8 Å². The first-order valence-electron chi connectivity index (χ1n) is 10.3. The summed E-state index contributed by atoms with van der Waals surface area (Å²) in [7, 11) is 0. The molecule has 1 fully saturated rings. The Morgan fingerprint density at radius 3 is 2.68 bits per heavy atom. The topological polar surface area (TPSA) is 90.8 Å². The number of aromatic nitrogens is 1. The molecule has 7 nitrogen and oxygen atoms in total. The Kier molecular flexibility index (Phi) is 7.01. The molecule has 152 valence electrons. The smallest absolute Gasteiger partial charge is 0.323 e. The maximum absolute atomic E-state index is 12.3. The number of pyridine rings is 1. The maximum Gasteiger partial charge on any atom is 0.323 e. The second kappa shape index (κ2) is 9.66. The fourth-order valence-electron chi connectivity index (χ4n) is 3.94. The van der Waals surface area contributed by atoms with E-state index in [2.05, 4.69) is 12.1 Å². The van der Waals surface area contributed by atoms with Gasteiger partial charge in [-0.25, -0.2) is 0 Å². The highest BCUT2D eigenvalue weighted by atomic mass is 16.4. The van der Waals surface area contributed by atoms with E-state index in [0.29, 0.717) is 19.5 Å². The molecule has 1 N–H and O–H groups in total. The van der Waals surface area contributed by atoms with Crippen LogP contribution < -0.4 is 0 Å². The lowest BCUT2D eigenvalue weighted by Crippen LogP contribution is -2.53. The summed E-state index contributed by atoms with van der Waals surface area (Å²) in [4.78, 5) is 42.6. The number of carbonyl (C=O) groups excluding carboxylic acids is 2. The molecule has 0 radical (unpaired) electrons. The zero-order valence-corrected chi connectivity index (χ0v) is 16.4. The van der Waals surface area contributed by atoms with Gasteiger partial charge in [-0.05, 0) is 56.6 Å². The van der Waals surface area contributed by atoms with Crippen molar-refractivity contribution in [2.75, 3.05) is 26.2 Å². The molecule has 2 heterocycles. The zero-order chi connectivity index (χ0) is 19.9. The molecule has 0 spiro atoms. The number of hydrogen-bond donors (Lipinski definition) is 1. The summed E-state index contributed by atoms with van der Waals surface area (Å²) < 4.78 is 0. The Labute approximate surface area is 165 Å². The van der Waals surface area contributed by atoms with Crippen molar-refractivity contribution in [3.63, 3.8) is 0 Å². The van der Waals surface area contributed by atoms with E-state index in [9.17, 15) is 14.4 Å². The second-order valence-corrected chi connectivity index (χ2v) is 7.70. The number of nitrogens with zero attached hydrogens (tertiary/aromatic N) is 3. The van der Waals surface area contributed by atoms with Crippen LogP contribution in [-0.4, -0.2) is 63.9 Å². The van der Waals surface area contributed by atoms with Crippen LogP contribution in [0.5, 0.6) is 0 Å². The number of aryl methyl sites for hydroxylation is 3. The highest BCUT2D eigenvalue weighted by molar-refractivity contribution is 5.88. The molecule has 1 saturated heterocycles. The number of fused-ring (bicyclic) bond motifs is 1. The van der Waals surface area contributed by atoms with E-state index in [1.165, 1.54) is 29.0 Å². The molecular formula is C21H29N3O4. The van der Waals surface area contributed by atoms with Crippen LogP contribution in [0.15, 0.2) is 12.1 Å². The molecule has 1 aliphatic carbocycles. The van der Waals surface area contributed by atoms with Crippen molar-refractivity contribution in [3.05, 3.63) is 29.1 Å². The quantitative estimate of drug-likeness (QED) is 0.687. The van der Waals surface area contributed by atoms with Crippen molar-refractivity contribution in [2.24, 2.45) is 0 Å². The number of carbonyl (C=O) groups is 3. The van der Waals surface area contributed by atoms with Crippen molar-refractivity contribution in [1.82, 2.24) is 14.8 Å². The van der Waals surface area contributed by atoms with Crippen molar-refractivity contribution >= 4 is 17.8 Å². The number of rotatable bonds is 8. The fourth-order valence-corrected chi connectivity index (χ4v) is 3.94. The van der Waals surface area contributed by atoms with E-state index in [-0.39, 0.29) is 24.9 Å². The number of carboxylic acids is 1. The van der Waals surface area contributed by atoms with Gasteiger partial charge in [-0.3, -0.25) is 19.4 Å². The molecule has 1 aromatic rings. The molecule has 1 aliphatic heterocycles. The van der Waals surface area contributed by atoms with Gasteiger partial charge in [0.15, 0.2) is 0 Å². The summed E-state index contributed by atoms with van der Waals surface area (Å²) in [5.41, 5.74) is 3.82. The highest BCUT2D eigenvalue weighted by Crippen LogP contribution is 2.20. The molecular weight excluding hydrogens is 358 g/mol.